The average molecular weight is 328 g/mol. The minimum Gasteiger partial charge on any atom is -0.444 e. The second-order valence-electron chi connectivity index (χ2n) is 6.13. The Balaban J connectivity index is 1.43. The van der Waals surface area contributed by atoms with Gasteiger partial charge in [-0.2, -0.15) is 5.10 Å². The predicted molar refractivity (Wildman–Crippen MR) is 90.2 cm³/mol. The standard InChI is InChI=1S/C17H20N4OS/c1-13-8-18-21(9-13)11-15-4-2-6-20(15)10-14-12-22-17(19-14)16-5-3-7-23-16/h3,5,7-9,12,15H,2,4,6,10-11H2,1H3/t15-/m0/s1. The quantitative estimate of drug-likeness (QED) is 0.718. The number of thiophene rings is 1. The molecule has 0 saturated carbocycles. The molecule has 1 atom stereocenters. The van der Waals surface area contributed by atoms with Gasteiger partial charge in [0.15, 0.2) is 0 Å². The molecule has 3 aromatic heterocycles. The van der Waals surface area contributed by atoms with Gasteiger partial charge in [0.2, 0.25) is 5.89 Å². The third-order valence-electron chi connectivity index (χ3n) is 4.31. The average Bonchev–Trinajstić information content (AvgIpc) is 3.29. The van der Waals surface area contributed by atoms with Crippen LogP contribution in [0, 0.1) is 6.92 Å². The Morgan fingerprint density at radius 2 is 2.39 bits per heavy atom. The van der Waals surface area contributed by atoms with E-state index in [-0.39, 0.29) is 0 Å². The number of oxazole rings is 1. The first kappa shape index (κ1) is 14.7. The van der Waals surface area contributed by atoms with Crippen LogP contribution in [0.25, 0.3) is 10.8 Å². The van der Waals surface area contributed by atoms with Crippen LogP contribution in [-0.2, 0) is 13.1 Å². The fourth-order valence-corrected chi connectivity index (χ4v) is 3.85. The van der Waals surface area contributed by atoms with Crippen molar-refractivity contribution in [3.63, 3.8) is 0 Å². The third-order valence-corrected chi connectivity index (χ3v) is 5.17. The summed E-state index contributed by atoms with van der Waals surface area (Å²) >= 11 is 1.66. The molecule has 0 bridgehead atoms. The second kappa shape index (κ2) is 6.29. The highest BCUT2D eigenvalue weighted by molar-refractivity contribution is 7.13. The SMILES string of the molecule is Cc1cnn(C[C@@H]2CCCN2Cc2coc(-c3cccs3)n2)c1. The summed E-state index contributed by atoms with van der Waals surface area (Å²) < 4.78 is 7.69. The first-order valence-corrected chi connectivity index (χ1v) is 8.87. The third kappa shape index (κ3) is 3.23. The van der Waals surface area contributed by atoms with Crippen molar-refractivity contribution in [1.29, 1.82) is 0 Å². The molecule has 4 rings (SSSR count). The van der Waals surface area contributed by atoms with Crippen LogP contribution in [0.5, 0.6) is 0 Å². The van der Waals surface area contributed by atoms with Crippen molar-refractivity contribution in [1.82, 2.24) is 19.7 Å². The van der Waals surface area contributed by atoms with Gasteiger partial charge in [-0.15, -0.1) is 11.3 Å². The summed E-state index contributed by atoms with van der Waals surface area (Å²) in [6.07, 6.45) is 8.28. The summed E-state index contributed by atoms with van der Waals surface area (Å²) in [6.45, 7) is 4.99. The number of rotatable bonds is 5. The maximum atomic E-state index is 5.63. The minimum atomic E-state index is 0.524. The lowest BCUT2D eigenvalue weighted by molar-refractivity contribution is 0.216. The summed E-state index contributed by atoms with van der Waals surface area (Å²) in [5.74, 6) is 0.730. The fourth-order valence-electron chi connectivity index (χ4n) is 3.19. The summed E-state index contributed by atoms with van der Waals surface area (Å²) in [6, 6.07) is 4.59. The molecule has 0 radical (unpaired) electrons. The lowest BCUT2D eigenvalue weighted by Crippen LogP contribution is -2.32. The fraction of sp³-hybridized carbons (Fsp3) is 0.412. The van der Waals surface area contributed by atoms with Crippen LogP contribution in [-0.4, -0.2) is 32.3 Å². The Labute approximate surface area is 139 Å². The van der Waals surface area contributed by atoms with E-state index in [1.807, 2.05) is 23.7 Å². The zero-order valence-corrected chi connectivity index (χ0v) is 14.0. The molecule has 5 nitrogen and oxygen atoms in total. The molecule has 0 aromatic carbocycles. The molecule has 0 unspecified atom stereocenters. The van der Waals surface area contributed by atoms with Gasteiger partial charge >= 0.3 is 0 Å². The van der Waals surface area contributed by atoms with Crippen molar-refractivity contribution in [2.75, 3.05) is 6.54 Å². The molecule has 1 aliphatic heterocycles. The van der Waals surface area contributed by atoms with Gasteiger partial charge in [0.25, 0.3) is 0 Å². The van der Waals surface area contributed by atoms with Gasteiger partial charge in [0, 0.05) is 18.8 Å². The van der Waals surface area contributed by atoms with Gasteiger partial charge in [-0.05, 0) is 43.3 Å². The summed E-state index contributed by atoms with van der Waals surface area (Å²) in [5, 5.41) is 6.46. The second-order valence-corrected chi connectivity index (χ2v) is 7.08. The van der Waals surface area contributed by atoms with Crippen LogP contribution in [0.4, 0.5) is 0 Å². The summed E-state index contributed by atoms with van der Waals surface area (Å²) in [4.78, 5) is 8.22. The van der Waals surface area contributed by atoms with E-state index in [0.717, 1.165) is 36.1 Å². The van der Waals surface area contributed by atoms with Crippen molar-refractivity contribution >= 4 is 11.3 Å². The van der Waals surface area contributed by atoms with E-state index in [4.69, 9.17) is 4.42 Å². The summed E-state index contributed by atoms with van der Waals surface area (Å²) in [5.41, 5.74) is 2.23. The molecule has 3 aromatic rings. The van der Waals surface area contributed by atoms with Crippen LogP contribution < -0.4 is 0 Å². The monoisotopic (exact) mass is 328 g/mol. The number of likely N-dealkylation sites (tertiary alicyclic amines) is 1. The van der Waals surface area contributed by atoms with Crippen LogP contribution >= 0.6 is 11.3 Å². The molecular weight excluding hydrogens is 308 g/mol. The van der Waals surface area contributed by atoms with E-state index in [2.05, 4.69) is 32.8 Å². The molecule has 0 aliphatic carbocycles. The van der Waals surface area contributed by atoms with Gasteiger partial charge in [0.1, 0.15) is 6.26 Å². The number of aromatic nitrogens is 3. The molecule has 120 valence electrons. The van der Waals surface area contributed by atoms with E-state index in [1.54, 1.807) is 17.6 Å². The van der Waals surface area contributed by atoms with Gasteiger partial charge < -0.3 is 4.42 Å². The highest BCUT2D eigenvalue weighted by Crippen LogP contribution is 2.26. The molecule has 23 heavy (non-hydrogen) atoms. The van der Waals surface area contributed by atoms with E-state index < -0.39 is 0 Å². The van der Waals surface area contributed by atoms with Crippen molar-refractivity contribution in [2.24, 2.45) is 0 Å². The van der Waals surface area contributed by atoms with E-state index in [0.29, 0.717) is 6.04 Å². The highest BCUT2D eigenvalue weighted by Gasteiger charge is 2.26. The van der Waals surface area contributed by atoms with Gasteiger partial charge in [0.05, 0.1) is 23.3 Å². The lowest BCUT2D eigenvalue weighted by Gasteiger charge is -2.23. The van der Waals surface area contributed by atoms with Crippen molar-refractivity contribution in [2.45, 2.75) is 38.9 Å². The van der Waals surface area contributed by atoms with Crippen LogP contribution in [0.15, 0.2) is 40.6 Å². The number of nitrogens with zero attached hydrogens (tertiary/aromatic N) is 4. The zero-order chi connectivity index (χ0) is 15.6. The Morgan fingerprint density at radius 1 is 1.43 bits per heavy atom. The summed E-state index contributed by atoms with van der Waals surface area (Å²) in [7, 11) is 0. The smallest absolute Gasteiger partial charge is 0.236 e. The van der Waals surface area contributed by atoms with E-state index in [9.17, 15) is 0 Å². The Kier molecular flexibility index (Phi) is 4.01. The Bertz CT molecular complexity index is 761. The normalized spacial score (nSPS) is 18.7. The van der Waals surface area contributed by atoms with E-state index in [1.165, 1.54) is 18.4 Å². The first-order chi connectivity index (χ1) is 11.3. The molecule has 0 N–H and O–H groups in total. The number of aryl methyl sites for hydroxylation is 1. The van der Waals surface area contributed by atoms with Crippen molar-refractivity contribution in [3.05, 3.63) is 47.4 Å². The zero-order valence-electron chi connectivity index (χ0n) is 13.2. The van der Waals surface area contributed by atoms with Crippen molar-refractivity contribution in [3.8, 4) is 10.8 Å². The molecule has 6 heteroatoms. The Morgan fingerprint density at radius 3 is 3.17 bits per heavy atom. The van der Waals surface area contributed by atoms with Crippen LogP contribution in [0.3, 0.4) is 0 Å². The van der Waals surface area contributed by atoms with Gasteiger partial charge in [-0.1, -0.05) is 6.07 Å². The molecule has 1 aliphatic rings. The van der Waals surface area contributed by atoms with E-state index >= 15 is 0 Å². The minimum absolute atomic E-state index is 0.524. The number of hydrogen-bond donors (Lipinski definition) is 0. The van der Waals surface area contributed by atoms with Crippen LogP contribution in [0.1, 0.15) is 24.1 Å². The first-order valence-electron chi connectivity index (χ1n) is 7.99. The topological polar surface area (TPSA) is 47.1 Å². The molecule has 0 spiro atoms. The van der Waals surface area contributed by atoms with Crippen molar-refractivity contribution < 1.29 is 4.42 Å². The lowest BCUT2D eigenvalue weighted by atomic mass is 10.2. The largest absolute Gasteiger partial charge is 0.444 e. The molecule has 1 fully saturated rings. The predicted octanol–water partition coefficient (Wildman–Crippen LogP) is 3.57. The highest BCUT2D eigenvalue weighted by atomic mass is 32.1. The maximum absolute atomic E-state index is 5.63. The van der Waals surface area contributed by atoms with Crippen LogP contribution in [0.2, 0.25) is 0 Å². The van der Waals surface area contributed by atoms with Gasteiger partial charge in [-0.3, -0.25) is 9.58 Å². The molecule has 4 heterocycles. The molecule has 1 saturated heterocycles. The Hall–Kier alpha value is -1.92. The number of hydrogen-bond acceptors (Lipinski definition) is 5. The molecule has 0 amide bonds. The maximum Gasteiger partial charge on any atom is 0.236 e. The van der Waals surface area contributed by atoms with Gasteiger partial charge in [-0.25, -0.2) is 4.98 Å². The molecular formula is C17H20N4OS.